The largest absolute Gasteiger partial charge is 0.497 e. The minimum atomic E-state index is 0.798. The first kappa shape index (κ1) is 12.6. The monoisotopic (exact) mass is 224 g/mol. The number of benzene rings is 1. The molecule has 0 unspecified atom stereocenters. The lowest BCUT2D eigenvalue weighted by atomic mass is 10.2. The second kappa shape index (κ2) is 6.23. The lowest BCUT2D eigenvalue weighted by Crippen LogP contribution is -2.20. The van der Waals surface area contributed by atoms with E-state index in [-0.39, 0.29) is 0 Å². The average molecular weight is 224 g/mol. The highest BCUT2D eigenvalue weighted by atomic mass is 16.5. The SMILES string of the molecule is COc1cc(NCCN(C)C)cc(OC)c1. The van der Waals surface area contributed by atoms with E-state index < -0.39 is 0 Å². The smallest absolute Gasteiger partial charge is 0.124 e. The normalized spacial score (nSPS) is 10.3. The Morgan fingerprint density at radius 3 is 2.06 bits per heavy atom. The van der Waals surface area contributed by atoms with Gasteiger partial charge in [0.15, 0.2) is 0 Å². The highest BCUT2D eigenvalue weighted by Crippen LogP contribution is 2.25. The Morgan fingerprint density at radius 2 is 1.62 bits per heavy atom. The van der Waals surface area contributed by atoms with E-state index in [9.17, 15) is 0 Å². The Kier molecular flexibility index (Phi) is 4.92. The Hall–Kier alpha value is -1.42. The summed E-state index contributed by atoms with van der Waals surface area (Å²) < 4.78 is 10.4. The predicted octanol–water partition coefficient (Wildman–Crippen LogP) is 1.68. The molecule has 4 heteroatoms. The first-order valence-electron chi connectivity index (χ1n) is 5.27. The van der Waals surface area contributed by atoms with Crippen LogP contribution in [0.5, 0.6) is 11.5 Å². The minimum absolute atomic E-state index is 0.798. The third-order valence-corrected chi connectivity index (χ3v) is 2.24. The van der Waals surface area contributed by atoms with E-state index in [1.165, 1.54) is 0 Å². The van der Waals surface area contributed by atoms with Crippen LogP contribution >= 0.6 is 0 Å². The fourth-order valence-electron chi connectivity index (χ4n) is 1.33. The predicted molar refractivity (Wildman–Crippen MR) is 66.6 cm³/mol. The number of ether oxygens (including phenoxy) is 2. The molecule has 0 spiro atoms. The van der Waals surface area contributed by atoms with Crippen molar-refractivity contribution in [3.05, 3.63) is 18.2 Å². The summed E-state index contributed by atoms with van der Waals surface area (Å²) in [5, 5.41) is 3.32. The Morgan fingerprint density at radius 1 is 1.06 bits per heavy atom. The van der Waals surface area contributed by atoms with Crippen LogP contribution in [0.3, 0.4) is 0 Å². The first-order valence-corrected chi connectivity index (χ1v) is 5.27. The van der Waals surface area contributed by atoms with Gasteiger partial charge in [-0.15, -0.1) is 0 Å². The molecule has 0 aliphatic carbocycles. The summed E-state index contributed by atoms with van der Waals surface area (Å²) in [7, 11) is 7.40. The number of likely N-dealkylation sites (N-methyl/N-ethyl adjacent to an activating group) is 1. The zero-order valence-electron chi connectivity index (χ0n) is 10.4. The van der Waals surface area contributed by atoms with Crippen molar-refractivity contribution in [3.8, 4) is 11.5 Å². The molecule has 0 radical (unpaired) electrons. The molecule has 1 aromatic carbocycles. The number of nitrogens with one attached hydrogen (secondary N) is 1. The van der Waals surface area contributed by atoms with Crippen molar-refractivity contribution in [1.29, 1.82) is 0 Å². The number of anilines is 1. The molecule has 0 atom stereocenters. The fourth-order valence-corrected chi connectivity index (χ4v) is 1.33. The number of nitrogens with zero attached hydrogens (tertiary/aromatic N) is 1. The molecule has 4 nitrogen and oxygen atoms in total. The van der Waals surface area contributed by atoms with Gasteiger partial charge in [0.1, 0.15) is 11.5 Å². The van der Waals surface area contributed by atoms with Crippen LogP contribution in [0.2, 0.25) is 0 Å². The second-order valence-electron chi connectivity index (χ2n) is 3.83. The van der Waals surface area contributed by atoms with Crippen LogP contribution in [0.15, 0.2) is 18.2 Å². The quantitative estimate of drug-likeness (QED) is 0.797. The highest BCUT2D eigenvalue weighted by molar-refractivity contribution is 5.53. The molecule has 0 heterocycles. The molecule has 0 fully saturated rings. The van der Waals surface area contributed by atoms with Gasteiger partial charge in [-0.3, -0.25) is 0 Å². The van der Waals surface area contributed by atoms with Crippen LogP contribution in [0.4, 0.5) is 5.69 Å². The lowest BCUT2D eigenvalue weighted by Gasteiger charge is -2.13. The van der Waals surface area contributed by atoms with E-state index in [4.69, 9.17) is 9.47 Å². The van der Waals surface area contributed by atoms with Crippen molar-refractivity contribution in [2.24, 2.45) is 0 Å². The standard InChI is InChI=1S/C12H20N2O2/c1-14(2)6-5-13-10-7-11(15-3)9-12(8-10)16-4/h7-9,13H,5-6H2,1-4H3. The summed E-state index contributed by atoms with van der Waals surface area (Å²) in [5.41, 5.74) is 1.01. The molecule has 16 heavy (non-hydrogen) atoms. The third kappa shape index (κ3) is 3.98. The highest BCUT2D eigenvalue weighted by Gasteiger charge is 2.01. The molecule has 1 rings (SSSR count). The summed E-state index contributed by atoms with van der Waals surface area (Å²) in [5.74, 6) is 1.60. The van der Waals surface area contributed by atoms with Gasteiger partial charge in [-0.1, -0.05) is 0 Å². The number of hydrogen-bond donors (Lipinski definition) is 1. The van der Waals surface area contributed by atoms with Gasteiger partial charge in [0.05, 0.1) is 14.2 Å². The second-order valence-corrected chi connectivity index (χ2v) is 3.83. The molecule has 0 saturated carbocycles. The van der Waals surface area contributed by atoms with E-state index in [0.717, 1.165) is 30.3 Å². The van der Waals surface area contributed by atoms with Crippen molar-refractivity contribution < 1.29 is 9.47 Å². The van der Waals surface area contributed by atoms with Gasteiger partial charge in [0.2, 0.25) is 0 Å². The first-order chi connectivity index (χ1) is 7.65. The van der Waals surface area contributed by atoms with Crippen molar-refractivity contribution in [2.45, 2.75) is 0 Å². The van der Waals surface area contributed by atoms with E-state index in [0.29, 0.717) is 0 Å². The maximum Gasteiger partial charge on any atom is 0.124 e. The average Bonchev–Trinajstić information content (AvgIpc) is 2.28. The van der Waals surface area contributed by atoms with Crippen LogP contribution in [0, 0.1) is 0 Å². The van der Waals surface area contributed by atoms with E-state index in [1.807, 2.05) is 32.3 Å². The minimum Gasteiger partial charge on any atom is -0.497 e. The van der Waals surface area contributed by atoms with Crippen LogP contribution in [-0.4, -0.2) is 46.3 Å². The van der Waals surface area contributed by atoms with Crippen molar-refractivity contribution in [3.63, 3.8) is 0 Å². The van der Waals surface area contributed by atoms with E-state index >= 15 is 0 Å². The van der Waals surface area contributed by atoms with Gasteiger partial charge < -0.3 is 19.7 Å². The third-order valence-electron chi connectivity index (χ3n) is 2.24. The maximum absolute atomic E-state index is 5.19. The van der Waals surface area contributed by atoms with Gasteiger partial charge in [0.25, 0.3) is 0 Å². The zero-order valence-corrected chi connectivity index (χ0v) is 10.4. The molecule has 90 valence electrons. The molecule has 0 aliphatic heterocycles. The van der Waals surface area contributed by atoms with Gasteiger partial charge in [0, 0.05) is 37.0 Å². The van der Waals surface area contributed by atoms with E-state index in [1.54, 1.807) is 14.2 Å². The summed E-state index contributed by atoms with van der Waals surface area (Å²) >= 11 is 0. The summed E-state index contributed by atoms with van der Waals surface area (Å²) in [6.07, 6.45) is 0. The molecule has 0 aliphatic rings. The Balaban J connectivity index is 2.64. The molecular formula is C12H20N2O2. The summed E-state index contributed by atoms with van der Waals surface area (Å²) in [6.45, 7) is 1.88. The van der Waals surface area contributed by atoms with Crippen molar-refractivity contribution in [2.75, 3.05) is 46.7 Å². The fraction of sp³-hybridized carbons (Fsp3) is 0.500. The van der Waals surface area contributed by atoms with Gasteiger partial charge in [-0.2, -0.15) is 0 Å². The van der Waals surface area contributed by atoms with Crippen molar-refractivity contribution >= 4 is 5.69 Å². The number of hydrogen-bond acceptors (Lipinski definition) is 4. The zero-order chi connectivity index (χ0) is 12.0. The topological polar surface area (TPSA) is 33.7 Å². The van der Waals surface area contributed by atoms with Crippen LogP contribution < -0.4 is 14.8 Å². The molecule has 1 N–H and O–H groups in total. The molecule has 1 aromatic rings. The Labute approximate surface area is 97.2 Å². The molecule has 0 aromatic heterocycles. The van der Waals surface area contributed by atoms with Gasteiger partial charge in [-0.05, 0) is 14.1 Å². The maximum atomic E-state index is 5.19. The van der Waals surface area contributed by atoms with Crippen LogP contribution in [0.1, 0.15) is 0 Å². The van der Waals surface area contributed by atoms with Crippen LogP contribution in [0.25, 0.3) is 0 Å². The van der Waals surface area contributed by atoms with E-state index in [2.05, 4.69) is 10.2 Å². The van der Waals surface area contributed by atoms with Crippen molar-refractivity contribution in [1.82, 2.24) is 4.90 Å². The van der Waals surface area contributed by atoms with Crippen LogP contribution in [-0.2, 0) is 0 Å². The number of rotatable bonds is 6. The molecule has 0 amide bonds. The van der Waals surface area contributed by atoms with Gasteiger partial charge in [-0.25, -0.2) is 0 Å². The Bertz CT molecular complexity index is 305. The summed E-state index contributed by atoms with van der Waals surface area (Å²) in [6, 6.07) is 5.77. The molecule has 0 saturated heterocycles. The van der Waals surface area contributed by atoms with Gasteiger partial charge >= 0.3 is 0 Å². The molecular weight excluding hydrogens is 204 g/mol. The number of methoxy groups -OCH3 is 2. The lowest BCUT2D eigenvalue weighted by molar-refractivity contribution is 0.394. The molecule has 0 bridgehead atoms. The summed E-state index contributed by atoms with van der Waals surface area (Å²) in [4.78, 5) is 2.13.